The average molecular weight is 468 g/mol. The zero-order valence-corrected chi connectivity index (χ0v) is 19.1. The Kier molecular flexibility index (Phi) is 7.64. The Balaban J connectivity index is 1.40. The van der Waals surface area contributed by atoms with E-state index in [9.17, 15) is 14.4 Å². The van der Waals surface area contributed by atoms with E-state index in [1.165, 1.54) is 0 Å². The number of nitrogens with zero attached hydrogens (tertiary/aromatic N) is 1. The maximum absolute atomic E-state index is 13.0. The summed E-state index contributed by atoms with van der Waals surface area (Å²) in [5.41, 5.74) is 1.03. The summed E-state index contributed by atoms with van der Waals surface area (Å²) in [7, 11) is 1.56. The smallest absolute Gasteiger partial charge is 0.253 e. The summed E-state index contributed by atoms with van der Waals surface area (Å²) in [6, 6.07) is 13.3. The maximum atomic E-state index is 13.0. The number of rotatable bonds is 8. The molecule has 9 heteroatoms. The molecule has 9 nitrogen and oxygen atoms in total. The van der Waals surface area contributed by atoms with E-state index in [0.717, 1.165) is 0 Å². The van der Waals surface area contributed by atoms with Crippen LogP contribution in [-0.2, 0) is 9.53 Å². The molecular formula is C25H29N3O6. The fourth-order valence-electron chi connectivity index (χ4n) is 4.25. The number of carbonyl (C=O) groups excluding carboxylic acids is 3. The number of piperidine rings is 1. The van der Waals surface area contributed by atoms with E-state index in [0.29, 0.717) is 61.7 Å². The first-order valence-corrected chi connectivity index (χ1v) is 11.4. The minimum atomic E-state index is -0.702. The molecule has 1 saturated heterocycles. The predicted molar refractivity (Wildman–Crippen MR) is 124 cm³/mol. The van der Waals surface area contributed by atoms with Crippen LogP contribution in [0, 0.1) is 5.92 Å². The highest BCUT2D eigenvalue weighted by Crippen LogP contribution is 2.33. The lowest BCUT2D eigenvalue weighted by atomic mass is 9.88. The number of carbonyl (C=O) groups is 3. The zero-order chi connectivity index (χ0) is 23.9. The zero-order valence-electron chi connectivity index (χ0n) is 19.1. The Labute approximate surface area is 198 Å². The molecule has 1 fully saturated rings. The number of hydrogen-bond acceptors (Lipinski definition) is 6. The summed E-state index contributed by atoms with van der Waals surface area (Å²) in [5.74, 6) is 0.458. The molecule has 3 amide bonds. The molecular weight excluding hydrogens is 438 g/mol. The van der Waals surface area contributed by atoms with Crippen molar-refractivity contribution in [3.8, 4) is 11.5 Å². The number of fused-ring (bicyclic) bond motifs is 1. The number of ether oxygens (including phenoxy) is 3. The highest BCUT2D eigenvalue weighted by molar-refractivity contribution is 5.98. The highest BCUT2D eigenvalue weighted by Gasteiger charge is 2.34. The summed E-state index contributed by atoms with van der Waals surface area (Å²) in [6.07, 6.45) is 1.18. The SMILES string of the molecule is COCCNC(=O)[C@H](NC(=O)c1ccccc1)C1CCN(C(=O)c2ccc3c(c2)OCO3)CC1. The van der Waals surface area contributed by atoms with Gasteiger partial charge in [0.25, 0.3) is 11.8 Å². The van der Waals surface area contributed by atoms with Gasteiger partial charge in [0.1, 0.15) is 6.04 Å². The summed E-state index contributed by atoms with van der Waals surface area (Å²) in [4.78, 5) is 40.5. The monoisotopic (exact) mass is 467 g/mol. The van der Waals surface area contributed by atoms with E-state index in [2.05, 4.69) is 10.6 Å². The molecule has 2 aliphatic rings. The number of benzene rings is 2. The van der Waals surface area contributed by atoms with Gasteiger partial charge in [-0.3, -0.25) is 14.4 Å². The van der Waals surface area contributed by atoms with Gasteiger partial charge in [-0.1, -0.05) is 18.2 Å². The third-order valence-electron chi connectivity index (χ3n) is 6.13. The van der Waals surface area contributed by atoms with Crippen molar-refractivity contribution in [1.29, 1.82) is 0 Å². The third kappa shape index (κ3) is 5.48. The molecule has 0 aliphatic carbocycles. The van der Waals surface area contributed by atoms with E-state index in [4.69, 9.17) is 14.2 Å². The maximum Gasteiger partial charge on any atom is 0.253 e. The quantitative estimate of drug-likeness (QED) is 0.574. The topological polar surface area (TPSA) is 106 Å². The van der Waals surface area contributed by atoms with Crippen LogP contribution in [-0.4, -0.2) is 68.8 Å². The molecule has 2 N–H and O–H groups in total. The van der Waals surface area contributed by atoms with Gasteiger partial charge in [-0.25, -0.2) is 0 Å². The minimum absolute atomic E-state index is 0.0915. The number of hydrogen-bond donors (Lipinski definition) is 2. The number of amides is 3. The molecule has 2 aromatic rings. The van der Waals surface area contributed by atoms with Crippen molar-refractivity contribution in [2.75, 3.05) is 40.1 Å². The molecule has 0 unspecified atom stereocenters. The van der Waals surface area contributed by atoms with Gasteiger partial charge in [-0.05, 0) is 49.1 Å². The fourth-order valence-corrected chi connectivity index (χ4v) is 4.25. The number of likely N-dealkylation sites (tertiary alicyclic amines) is 1. The van der Waals surface area contributed by atoms with Crippen molar-refractivity contribution in [3.05, 3.63) is 59.7 Å². The molecule has 0 radical (unpaired) electrons. The Hall–Kier alpha value is -3.59. The van der Waals surface area contributed by atoms with Crippen LogP contribution >= 0.6 is 0 Å². The van der Waals surface area contributed by atoms with Crippen molar-refractivity contribution in [3.63, 3.8) is 0 Å². The van der Waals surface area contributed by atoms with E-state index >= 15 is 0 Å². The molecule has 0 bridgehead atoms. The van der Waals surface area contributed by atoms with Crippen molar-refractivity contribution < 1.29 is 28.6 Å². The van der Waals surface area contributed by atoms with Crippen LogP contribution in [0.3, 0.4) is 0 Å². The van der Waals surface area contributed by atoms with Gasteiger partial charge >= 0.3 is 0 Å². The van der Waals surface area contributed by atoms with Crippen LogP contribution in [0.2, 0.25) is 0 Å². The lowest BCUT2D eigenvalue weighted by Gasteiger charge is -2.36. The fraction of sp³-hybridized carbons (Fsp3) is 0.400. The second-order valence-electron chi connectivity index (χ2n) is 8.30. The van der Waals surface area contributed by atoms with Gasteiger partial charge < -0.3 is 29.7 Å². The Morgan fingerprint density at radius 2 is 1.76 bits per heavy atom. The lowest BCUT2D eigenvalue weighted by Crippen LogP contribution is -2.54. The normalized spacial score (nSPS) is 16.1. The molecule has 2 aromatic carbocycles. The molecule has 2 aliphatic heterocycles. The van der Waals surface area contributed by atoms with Crippen LogP contribution in [0.5, 0.6) is 11.5 Å². The minimum Gasteiger partial charge on any atom is -0.454 e. The van der Waals surface area contributed by atoms with Gasteiger partial charge in [0.2, 0.25) is 12.7 Å². The van der Waals surface area contributed by atoms with E-state index in [1.807, 2.05) is 6.07 Å². The van der Waals surface area contributed by atoms with E-state index in [-0.39, 0.29) is 30.4 Å². The Morgan fingerprint density at radius 3 is 2.50 bits per heavy atom. The van der Waals surface area contributed by atoms with Gasteiger partial charge in [0.15, 0.2) is 11.5 Å². The van der Waals surface area contributed by atoms with Crippen molar-refractivity contribution in [2.45, 2.75) is 18.9 Å². The first-order chi connectivity index (χ1) is 16.6. The third-order valence-corrected chi connectivity index (χ3v) is 6.13. The second-order valence-corrected chi connectivity index (χ2v) is 8.30. The van der Waals surface area contributed by atoms with Gasteiger partial charge in [-0.15, -0.1) is 0 Å². The van der Waals surface area contributed by atoms with Crippen LogP contribution in [0.4, 0.5) is 0 Å². The second kappa shape index (κ2) is 11.0. The van der Waals surface area contributed by atoms with Crippen molar-refractivity contribution in [1.82, 2.24) is 15.5 Å². The van der Waals surface area contributed by atoms with Crippen molar-refractivity contribution in [2.24, 2.45) is 5.92 Å². The summed E-state index contributed by atoms with van der Waals surface area (Å²) < 4.78 is 15.7. The molecule has 4 rings (SSSR count). The van der Waals surface area contributed by atoms with Crippen LogP contribution in [0.15, 0.2) is 48.5 Å². The summed E-state index contributed by atoms with van der Waals surface area (Å²) in [5, 5.41) is 5.74. The standard InChI is InChI=1S/C25H29N3O6/c1-32-14-11-26-24(30)22(27-23(29)18-5-3-2-4-6-18)17-9-12-28(13-10-17)25(31)19-7-8-20-21(15-19)34-16-33-20/h2-8,15,17,22H,9-14,16H2,1H3,(H,26,30)(H,27,29)/t22-/m1/s1. The molecule has 0 spiro atoms. The first-order valence-electron chi connectivity index (χ1n) is 11.4. The van der Waals surface area contributed by atoms with E-state index in [1.54, 1.807) is 54.5 Å². The summed E-state index contributed by atoms with van der Waals surface area (Å²) >= 11 is 0. The first kappa shape index (κ1) is 23.6. The predicted octanol–water partition coefficient (Wildman–Crippen LogP) is 1.83. The molecule has 2 heterocycles. The van der Waals surface area contributed by atoms with Crippen LogP contribution in [0.1, 0.15) is 33.6 Å². The Bertz CT molecular complexity index is 1020. The molecule has 0 aromatic heterocycles. The Morgan fingerprint density at radius 1 is 1.03 bits per heavy atom. The highest BCUT2D eigenvalue weighted by atomic mass is 16.7. The van der Waals surface area contributed by atoms with Gasteiger partial charge in [0.05, 0.1) is 6.61 Å². The van der Waals surface area contributed by atoms with E-state index < -0.39 is 6.04 Å². The van der Waals surface area contributed by atoms with Crippen LogP contribution < -0.4 is 20.1 Å². The number of methoxy groups -OCH3 is 1. The molecule has 180 valence electrons. The molecule has 1 atom stereocenters. The van der Waals surface area contributed by atoms with Crippen LogP contribution in [0.25, 0.3) is 0 Å². The van der Waals surface area contributed by atoms with Crippen molar-refractivity contribution >= 4 is 17.7 Å². The average Bonchev–Trinajstić information content (AvgIpc) is 3.35. The largest absolute Gasteiger partial charge is 0.454 e. The molecule has 0 saturated carbocycles. The molecule has 34 heavy (non-hydrogen) atoms. The summed E-state index contributed by atoms with van der Waals surface area (Å²) in [6.45, 7) is 1.87. The lowest BCUT2D eigenvalue weighted by molar-refractivity contribution is -0.124. The number of nitrogens with one attached hydrogen (secondary N) is 2. The van der Waals surface area contributed by atoms with Gasteiger partial charge in [-0.2, -0.15) is 0 Å². The van der Waals surface area contributed by atoms with Gasteiger partial charge in [0, 0.05) is 37.9 Å².